The summed E-state index contributed by atoms with van der Waals surface area (Å²) in [4.78, 5) is 52.9. The number of likely N-dealkylation sites (tertiary alicyclic amines) is 1. The van der Waals surface area contributed by atoms with E-state index in [1.54, 1.807) is 20.8 Å². The Morgan fingerprint density at radius 1 is 1.19 bits per heavy atom. The standard InChI is InChI=1S/C17H24FNO7/c1-5-24-14(21)11(15(22)26-18)7-12(20)13-10-6-9(10)8-19(13)16(23)25-17(2,3)4/h9-11,13H,5-8H2,1-4H3. The molecule has 1 saturated heterocycles. The van der Waals surface area contributed by atoms with Crippen LogP contribution in [0.2, 0.25) is 0 Å². The van der Waals surface area contributed by atoms with Crippen LogP contribution in [0.25, 0.3) is 0 Å². The number of carbonyl (C=O) groups is 4. The number of hydrogen-bond acceptors (Lipinski definition) is 7. The molecular weight excluding hydrogens is 349 g/mol. The Balaban J connectivity index is 2.11. The first-order valence-corrected chi connectivity index (χ1v) is 8.60. The predicted molar refractivity (Wildman–Crippen MR) is 85.3 cm³/mol. The lowest BCUT2D eigenvalue weighted by Crippen LogP contribution is -2.46. The number of rotatable bonds is 6. The van der Waals surface area contributed by atoms with Gasteiger partial charge < -0.3 is 9.47 Å². The van der Waals surface area contributed by atoms with Crippen molar-refractivity contribution in [2.24, 2.45) is 17.8 Å². The van der Waals surface area contributed by atoms with Gasteiger partial charge in [0.05, 0.1) is 12.6 Å². The highest BCUT2D eigenvalue weighted by molar-refractivity contribution is 6.01. The molecular formula is C17H24FNO7. The van der Waals surface area contributed by atoms with Crippen LogP contribution in [0, 0.1) is 17.8 Å². The van der Waals surface area contributed by atoms with E-state index in [0.29, 0.717) is 6.54 Å². The number of fused-ring (bicyclic) bond motifs is 1. The summed E-state index contributed by atoms with van der Waals surface area (Å²) in [6.45, 7) is 7.02. The van der Waals surface area contributed by atoms with Crippen molar-refractivity contribution in [2.45, 2.75) is 52.2 Å². The van der Waals surface area contributed by atoms with E-state index in [2.05, 4.69) is 4.94 Å². The zero-order chi connectivity index (χ0) is 19.6. The summed E-state index contributed by atoms with van der Waals surface area (Å²) in [5.41, 5.74) is -0.719. The van der Waals surface area contributed by atoms with Gasteiger partial charge in [0.25, 0.3) is 0 Å². The van der Waals surface area contributed by atoms with Gasteiger partial charge in [-0.2, -0.15) is 0 Å². The van der Waals surface area contributed by atoms with Crippen LogP contribution >= 0.6 is 0 Å². The first-order valence-electron chi connectivity index (χ1n) is 8.60. The van der Waals surface area contributed by atoms with E-state index in [1.807, 2.05) is 0 Å². The minimum atomic E-state index is -1.69. The normalized spacial score (nSPS) is 25.1. The second-order valence-electron chi connectivity index (χ2n) is 7.61. The molecule has 8 nitrogen and oxygen atoms in total. The Labute approximate surface area is 150 Å². The topological polar surface area (TPSA) is 99.2 Å². The molecule has 0 bridgehead atoms. The maximum absolute atomic E-state index is 12.7. The van der Waals surface area contributed by atoms with E-state index in [1.165, 1.54) is 11.8 Å². The van der Waals surface area contributed by atoms with Crippen molar-refractivity contribution in [1.82, 2.24) is 4.90 Å². The van der Waals surface area contributed by atoms with Crippen LogP contribution in [-0.4, -0.2) is 53.5 Å². The van der Waals surface area contributed by atoms with Crippen molar-refractivity contribution in [2.75, 3.05) is 13.2 Å². The zero-order valence-corrected chi connectivity index (χ0v) is 15.3. The molecule has 0 spiro atoms. The minimum Gasteiger partial charge on any atom is -0.465 e. The van der Waals surface area contributed by atoms with Gasteiger partial charge in [-0.25, -0.2) is 9.59 Å². The summed E-state index contributed by atoms with van der Waals surface area (Å²) in [6, 6.07) is -0.792. The van der Waals surface area contributed by atoms with Crippen LogP contribution in [0.1, 0.15) is 40.5 Å². The molecule has 1 saturated carbocycles. The van der Waals surface area contributed by atoms with Crippen molar-refractivity contribution < 1.29 is 38.1 Å². The summed E-state index contributed by atoms with van der Waals surface area (Å²) in [5.74, 6) is -4.54. The molecule has 0 radical (unpaired) electrons. The molecule has 0 aromatic heterocycles. The Hall–Kier alpha value is -2.19. The highest BCUT2D eigenvalue weighted by Crippen LogP contribution is 2.50. The van der Waals surface area contributed by atoms with E-state index in [0.717, 1.165) is 6.42 Å². The summed E-state index contributed by atoms with van der Waals surface area (Å²) in [5, 5.41) is 0. The van der Waals surface area contributed by atoms with Crippen LogP contribution in [-0.2, 0) is 28.8 Å². The number of amides is 1. The molecule has 2 rings (SSSR count). The van der Waals surface area contributed by atoms with E-state index < -0.39 is 47.8 Å². The first kappa shape index (κ1) is 20.1. The number of esters is 1. The van der Waals surface area contributed by atoms with Crippen molar-refractivity contribution >= 4 is 23.8 Å². The number of hydrogen-bond donors (Lipinski definition) is 0. The summed E-state index contributed by atoms with van der Waals surface area (Å²) < 4.78 is 22.3. The SMILES string of the molecule is CCOC(=O)C(CC(=O)C1C2CC2CN1C(=O)OC(C)(C)C)C(=O)OF. The number of Topliss-reactive ketones (excluding diaryl/α,β-unsaturated/α-hetero) is 1. The van der Waals surface area contributed by atoms with E-state index in [4.69, 9.17) is 9.47 Å². The summed E-state index contributed by atoms with van der Waals surface area (Å²) >= 11 is 0. The molecule has 9 heteroatoms. The van der Waals surface area contributed by atoms with Gasteiger partial charge in [-0.15, -0.1) is 0 Å². The lowest BCUT2D eigenvalue weighted by molar-refractivity contribution is -0.193. The van der Waals surface area contributed by atoms with Gasteiger partial charge in [0.15, 0.2) is 11.7 Å². The third kappa shape index (κ3) is 4.50. The van der Waals surface area contributed by atoms with E-state index >= 15 is 0 Å². The molecule has 4 unspecified atom stereocenters. The molecule has 1 heterocycles. The average Bonchev–Trinajstić information content (AvgIpc) is 3.20. The molecule has 1 amide bonds. The number of nitrogens with zero attached hydrogens (tertiary/aromatic N) is 1. The molecule has 26 heavy (non-hydrogen) atoms. The van der Waals surface area contributed by atoms with Crippen molar-refractivity contribution in [1.29, 1.82) is 0 Å². The minimum absolute atomic E-state index is 0.0265. The Morgan fingerprint density at radius 2 is 1.85 bits per heavy atom. The molecule has 1 aliphatic heterocycles. The molecule has 1 aliphatic carbocycles. The molecule has 0 aromatic rings. The third-order valence-electron chi connectivity index (χ3n) is 4.44. The maximum atomic E-state index is 12.7. The fourth-order valence-corrected chi connectivity index (χ4v) is 3.27. The number of carbonyl (C=O) groups excluding carboxylic acids is 4. The molecule has 2 aliphatic rings. The van der Waals surface area contributed by atoms with Crippen molar-refractivity contribution in [3.8, 4) is 0 Å². The maximum Gasteiger partial charge on any atom is 0.410 e. The smallest absolute Gasteiger partial charge is 0.410 e. The highest BCUT2D eigenvalue weighted by atomic mass is 19.3. The van der Waals surface area contributed by atoms with Crippen molar-refractivity contribution in [3.63, 3.8) is 0 Å². The first-order chi connectivity index (χ1) is 12.1. The van der Waals surface area contributed by atoms with Crippen molar-refractivity contribution in [3.05, 3.63) is 0 Å². The molecule has 4 atom stereocenters. The molecule has 0 N–H and O–H groups in total. The van der Waals surface area contributed by atoms with Crippen LogP contribution in [0.3, 0.4) is 0 Å². The largest absolute Gasteiger partial charge is 0.465 e. The zero-order valence-electron chi connectivity index (χ0n) is 15.3. The summed E-state index contributed by atoms with van der Waals surface area (Å²) in [6.07, 6.45) is -0.425. The van der Waals surface area contributed by atoms with Gasteiger partial charge in [0, 0.05) is 17.5 Å². The van der Waals surface area contributed by atoms with Crippen LogP contribution < -0.4 is 0 Å². The van der Waals surface area contributed by atoms with Crippen LogP contribution in [0.15, 0.2) is 0 Å². The second-order valence-corrected chi connectivity index (χ2v) is 7.61. The van der Waals surface area contributed by atoms with Gasteiger partial charge in [-0.1, -0.05) is 0 Å². The number of ketones is 1. The quantitative estimate of drug-likeness (QED) is 0.517. The lowest BCUT2D eigenvalue weighted by atomic mass is 9.96. The number of ether oxygens (including phenoxy) is 2. The van der Waals surface area contributed by atoms with E-state index in [-0.39, 0.29) is 18.4 Å². The number of piperidine rings is 1. The average molecular weight is 373 g/mol. The van der Waals surface area contributed by atoms with Gasteiger partial charge >= 0.3 is 18.0 Å². The van der Waals surface area contributed by atoms with Gasteiger partial charge in [-0.05, 0) is 46.0 Å². The number of halogens is 1. The lowest BCUT2D eigenvalue weighted by Gasteiger charge is -2.30. The van der Waals surface area contributed by atoms with Gasteiger partial charge in [0.1, 0.15) is 5.60 Å². The molecule has 2 fully saturated rings. The predicted octanol–water partition coefficient (Wildman–Crippen LogP) is 1.81. The van der Waals surface area contributed by atoms with Crippen LogP contribution in [0.4, 0.5) is 9.32 Å². The fraction of sp³-hybridized carbons (Fsp3) is 0.765. The Kier molecular flexibility index (Phi) is 5.87. The molecule has 0 aromatic carbocycles. The van der Waals surface area contributed by atoms with Gasteiger partial charge in [-0.3, -0.25) is 19.4 Å². The fourth-order valence-electron chi connectivity index (χ4n) is 3.27. The van der Waals surface area contributed by atoms with Crippen LogP contribution in [0.5, 0.6) is 0 Å². The van der Waals surface area contributed by atoms with E-state index in [9.17, 15) is 23.7 Å². The summed E-state index contributed by atoms with van der Waals surface area (Å²) in [7, 11) is 0. The Morgan fingerprint density at radius 3 is 2.38 bits per heavy atom. The second kappa shape index (κ2) is 7.59. The molecule has 146 valence electrons. The van der Waals surface area contributed by atoms with Gasteiger partial charge in [0.2, 0.25) is 0 Å². The monoisotopic (exact) mass is 373 g/mol. The third-order valence-corrected chi connectivity index (χ3v) is 4.44. The highest BCUT2D eigenvalue weighted by Gasteiger charge is 2.57. The Bertz CT molecular complexity index is 600.